The van der Waals surface area contributed by atoms with Crippen LogP contribution in [0.1, 0.15) is 37.4 Å². The average molecular weight is 408 g/mol. The molecule has 2 aliphatic heterocycles. The van der Waals surface area contributed by atoms with Crippen molar-refractivity contribution in [3.05, 3.63) is 65.7 Å². The average Bonchev–Trinajstić information content (AvgIpc) is 3.19. The van der Waals surface area contributed by atoms with Crippen LogP contribution in [0.25, 0.3) is 0 Å². The molecule has 2 aromatic carbocycles. The molecule has 0 unspecified atom stereocenters. The first-order chi connectivity index (χ1) is 14.5. The van der Waals surface area contributed by atoms with Crippen molar-refractivity contribution in [2.75, 3.05) is 26.7 Å². The van der Waals surface area contributed by atoms with Gasteiger partial charge in [0.05, 0.1) is 37.6 Å². The van der Waals surface area contributed by atoms with E-state index >= 15 is 0 Å². The Morgan fingerprint density at radius 3 is 2.37 bits per heavy atom. The first-order valence-electron chi connectivity index (χ1n) is 10.5. The lowest BCUT2D eigenvalue weighted by atomic mass is 9.98. The highest BCUT2D eigenvalue weighted by Gasteiger charge is 2.34. The van der Waals surface area contributed by atoms with Gasteiger partial charge in [0.25, 0.3) is 5.91 Å². The fourth-order valence-electron chi connectivity index (χ4n) is 4.31. The number of hydrogen-bond acceptors (Lipinski definition) is 5. The highest BCUT2D eigenvalue weighted by Crippen LogP contribution is 2.33. The summed E-state index contributed by atoms with van der Waals surface area (Å²) < 4.78 is 11.1. The Hall–Kier alpha value is -2.70. The molecule has 1 amide bonds. The maximum absolute atomic E-state index is 13.3. The lowest BCUT2D eigenvalue weighted by Crippen LogP contribution is -2.49. The van der Waals surface area contributed by atoms with Crippen LogP contribution in [0.3, 0.4) is 0 Å². The molecule has 30 heavy (non-hydrogen) atoms. The SMILES string of the molecule is COc1ccc([C@@H]2CC(c3ccccc3)=NN2C(=O)CN2C[C@H](C)O[C@@H](C)C2)cc1. The van der Waals surface area contributed by atoms with Gasteiger partial charge in [-0.1, -0.05) is 42.5 Å². The van der Waals surface area contributed by atoms with E-state index in [0.29, 0.717) is 13.0 Å². The lowest BCUT2D eigenvalue weighted by Gasteiger charge is -2.35. The Bertz CT molecular complexity index is 888. The fourth-order valence-corrected chi connectivity index (χ4v) is 4.31. The van der Waals surface area contributed by atoms with Gasteiger partial charge in [-0.2, -0.15) is 5.10 Å². The molecule has 6 heteroatoms. The Morgan fingerprint density at radius 2 is 1.73 bits per heavy atom. The monoisotopic (exact) mass is 407 g/mol. The number of methoxy groups -OCH3 is 1. The Morgan fingerprint density at radius 1 is 1.07 bits per heavy atom. The van der Waals surface area contributed by atoms with Gasteiger partial charge in [-0.15, -0.1) is 0 Å². The van der Waals surface area contributed by atoms with Gasteiger partial charge in [0, 0.05) is 19.5 Å². The number of amides is 1. The maximum Gasteiger partial charge on any atom is 0.257 e. The van der Waals surface area contributed by atoms with Crippen molar-refractivity contribution in [3.8, 4) is 5.75 Å². The number of hydrogen-bond donors (Lipinski definition) is 0. The Labute approximate surface area is 178 Å². The van der Waals surface area contributed by atoms with Crippen molar-refractivity contribution in [1.29, 1.82) is 0 Å². The summed E-state index contributed by atoms with van der Waals surface area (Å²) in [5.41, 5.74) is 3.05. The second kappa shape index (κ2) is 8.98. The Kier molecular flexibility index (Phi) is 6.16. The van der Waals surface area contributed by atoms with Crippen LogP contribution < -0.4 is 4.74 Å². The zero-order valence-corrected chi connectivity index (χ0v) is 17.8. The molecule has 1 fully saturated rings. The van der Waals surface area contributed by atoms with Gasteiger partial charge in [-0.25, -0.2) is 5.01 Å². The molecule has 3 atom stereocenters. The molecule has 0 aliphatic carbocycles. The molecule has 2 aromatic rings. The molecule has 0 saturated carbocycles. The molecule has 6 nitrogen and oxygen atoms in total. The van der Waals surface area contributed by atoms with Crippen molar-refractivity contribution in [2.45, 2.75) is 38.5 Å². The van der Waals surface area contributed by atoms with Crippen LogP contribution in [0, 0.1) is 0 Å². The molecule has 0 bridgehead atoms. The summed E-state index contributed by atoms with van der Waals surface area (Å²) >= 11 is 0. The van der Waals surface area contributed by atoms with Crippen LogP contribution in [0.4, 0.5) is 0 Å². The molecule has 2 heterocycles. The lowest BCUT2D eigenvalue weighted by molar-refractivity contribution is -0.137. The van der Waals surface area contributed by atoms with Crippen molar-refractivity contribution in [3.63, 3.8) is 0 Å². The zero-order valence-electron chi connectivity index (χ0n) is 17.8. The van der Waals surface area contributed by atoms with E-state index in [1.165, 1.54) is 0 Å². The minimum absolute atomic E-state index is 0.0167. The maximum atomic E-state index is 13.3. The van der Waals surface area contributed by atoms with Gasteiger partial charge in [0.2, 0.25) is 0 Å². The van der Waals surface area contributed by atoms with Gasteiger partial charge in [0.15, 0.2) is 0 Å². The van der Waals surface area contributed by atoms with Gasteiger partial charge in [0.1, 0.15) is 5.75 Å². The number of rotatable bonds is 5. The van der Waals surface area contributed by atoms with Crippen molar-refractivity contribution in [2.24, 2.45) is 5.10 Å². The number of morpholine rings is 1. The molecule has 0 N–H and O–H groups in total. The van der Waals surface area contributed by atoms with Crippen LogP contribution in [-0.2, 0) is 9.53 Å². The number of benzene rings is 2. The minimum atomic E-state index is -0.116. The normalized spacial score (nSPS) is 24.6. The van der Waals surface area contributed by atoms with Crippen LogP contribution in [0.5, 0.6) is 5.75 Å². The molecule has 0 spiro atoms. The standard InChI is InChI=1S/C24H29N3O3/c1-17-14-26(15-18(2)30-17)16-24(28)27-23(20-9-11-21(29-3)12-10-20)13-22(25-27)19-7-5-4-6-8-19/h4-12,17-18,23H,13-16H2,1-3H3/t17-,18-,23-/m0/s1. The molecular weight excluding hydrogens is 378 g/mol. The number of ether oxygens (including phenoxy) is 2. The van der Waals surface area contributed by atoms with E-state index in [0.717, 1.165) is 35.7 Å². The molecular formula is C24H29N3O3. The predicted octanol–water partition coefficient (Wildman–Crippen LogP) is 3.48. The smallest absolute Gasteiger partial charge is 0.257 e. The van der Waals surface area contributed by atoms with E-state index in [9.17, 15) is 4.79 Å². The van der Waals surface area contributed by atoms with Gasteiger partial charge in [-0.05, 0) is 37.1 Å². The fraction of sp³-hybridized carbons (Fsp3) is 0.417. The van der Waals surface area contributed by atoms with Gasteiger partial charge >= 0.3 is 0 Å². The van der Waals surface area contributed by atoms with Crippen molar-refractivity contribution >= 4 is 11.6 Å². The third-order valence-electron chi connectivity index (χ3n) is 5.63. The van der Waals surface area contributed by atoms with E-state index in [-0.39, 0.29) is 24.2 Å². The summed E-state index contributed by atoms with van der Waals surface area (Å²) in [6, 6.07) is 17.9. The number of nitrogens with zero attached hydrogens (tertiary/aromatic N) is 3. The van der Waals surface area contributed by atoms with Gasteiger partial charge < -0.3 is 9.47 Å². The van der Waals surface area contributed by atoms with Gasteiger partial charge in [-0.3, -0.25) is 9.69 Å². The van der Waals surface area contributed by atoms with E-state index in [1.54, 1.807) is 12.1 Å². The van der Waals surface area contributed by atoms with E-state index in [1.807, 2.05) is 54.6 Å². The first kappa shape index (κ1) is 20.6. The molecule has 0 aromatic heterocycles. The van der Waals surface area contributed by atoms with Crippen LogP contribution in [-0.4, -0.2) is 60.5 Å². The topological polar surface area (TPSA) is 54.4 Å². The first-order valence-corrected chi connectivity index (χ1v) is 10.5. The third kappa shape index (κ3) is 4.55. The van der Waals surface area contributed by atoms with E-state index in [4.69, 9.17) is 14.6 Å². The third-order valence-corrected chi connectivity index (χ3v) is 5.63. The summed E-state index contributed by atoms with van der Waals surface area (Å²) in [4.78, 5) is 15.5. The summed E-state index contributed by atoms with van der Waals surface area (Å²) in [6.45, 7) is 5.96. The molecule has 0 radical (unpaired) electrons. The Balaban J connectivity index is 1.57. The second-order valence-corrected chi connectivity index (χ2v) is 8.10. The zero-order chi connectivity index (χ0) is 21.1. The van der Waals surface area contributed by atoms with E-state index in [2.05, 4.69) is 18.7 Å². The quantitative estimate of drug-likeness (QED) is 0.762. The molecule has 1 saturated heterocycles. The summed E-state index contributed by atoms with van der Waals surface area (Å²) in [7, 11) is 1.65. The minimum Gasteiger partial charge on any atom is -0.497 e. The number of hydrazone groups is 1. The molecule has 4 rings (SSSR count). The summed E-state index contributed by atoms with van der Waals surface area (Å²) in [5, 5.41) is 6.45. The molecule has 158 valence electrons. The van der Waals surface area contributed by atoms with Crippen LogP contribution in [0.15, 0.2) is 59.7 Å². The largest absolute Gasteiger partial charge is 0.497 e. The van der Waals surface area contributed by atoms with Crippen LogP contribution >= 0.6 is 0 Å². The predicted molar refractivity (Wildman–Crippen MR) is 117 cm³/mol. The van der Waals surface area contributed by atoms with Crippen molar-refractivity contribution < 1.29 is 14.3 Å². The number of carbonyl (C=O) groups is 1. The van der Waals surface area contributed by atoms with E-state index < -0.39 is 0 Å². The highest BCUT2D eigenvalue weighted by molar-refractivity contribution is 6.03. The summed E-state index contributed by atoms with van der Waals surface area (Å²) in [5.74, 6) is 0.818. The highest BCUT2D eigenvalue weighted by atomic mass is 16.5. The summed E-state index contributed by atoms with van der Waals surface area (Å²) in [6.07, 6.45) is 0.944. The second-order valence-electron chi connectivity index (χ2n) is 8.10. The van der Waals surface area contributed by atoms with Crippen molar-refractivity contribution in [1.82, 2.24) is 9.91 Å². The molecule has 2 aliphatic rings. The van der Waals surface area contributed by atoms with Crippen LogP contribution in [0.2, 0.25) is 0 Å². The number of carbonyl (C=O) groups excluding carboxylic acids is 1.